The third-order valence-electron chi connectivity index (χ3n) is 8.31. The summed E-state index contributed by atoms with van der Waals surface area (Å²) in [6.45, 7) is 10.5. The number of isothiocyanates is 1. The van der Waals surface area contributed by atoms with Crippen molar-refractivity contribution >= 4 is 29.0 Å². The van der Waals surface area contributed by atoms with Crippen LogP contribution in [0.4, 0.5) is 0 Å². The Kier molecular flexibility index (Phi) is 6.14. The summed E-state index contributed by atoms with van der Waals surface area (Å²) in [6.07, 6.45) is 5.72. The van der Waals surface area contributed by atoms with E-state index in [0.717, 1.165) is 38.5 Å². The average molecular weight is 428 g/mol. The summed E-state index contributed by atoms with van der Waals surface area (Å²) in [5.41, 5.74) is -1.56. The van der Waals surface area contributed by atoms with Crippen molar-refractivity contribution in [2.24, 2.45) is 22.7 Å². The number of fused-ring (bicyclic) bond motifs is 1. The molecule has 2 saturated carbocycles. The molecule has 6 heteroatoms. The molecule has 1 N–H and O–H groups in total. The summed E-state index contributed by atoms with van der Waals surface area (Å²) in [7, 11) is 1.93. The molecule has 0 aromatic heterocycles. The monoisotopic (exact) mass is 427 g/mol. The number of halogens is 1. The van der Waals surface area contributed by atoms with Crippen LogP contribution in [0.2, 0.25) is 0 Å². The maximum atomic E-state index is 11.0. The van der Waals surface area contributed by atoms with E-state index in [4.69, 9.17) is 33.9 Å². The molecule has 2 aliphatic carbocycles. The van der Waals surface area contributed by atoms with Gasteiger partial charge in [0.1, 0.15) is 0 Å². The molecule has 0 radical (unpaired) electrons. The minimum absolute atomic E-state index is 0.0217. The minimum Gasteiger partial charge on any atom is -0.659 e. The molecule has 0 unspecified atom stereocenters. The van der Waals surface area contributed by atoms with E-state index in [1.54, 1.807) is 0 Å². The van der Waals surface area contributed by atoms with Crippen molar-refractivity contribution in [1.29, 1.82) is 0 Å². The second kappa shape index (κ2) is 7.59. The second-order valence-corrected chi connectivity index (χ2v) is 11.2. The van der Waals surface area contributed by atoms with E-state index < -0.39 is 5.60 Å². The summed E-state index contributed by atoms with van der Waals surface area (Å²) < 4.78 is 6.72. The molecule has 3 fully saturated rings. The lowest BCUT2D eigenvalue weighted by molar-refractivity contribution is -0.145. The Morgan fingerprint density at radius 2 is 1.79 bits per heavy atom. The zero-order valence-corrected chi connectivity index (χ0v) is 19.7. The van der Waals surface area contributed by atoms with Crippen LogP contribution in [0.25, 0.3) is 5.32 Å². The molecule has 1 heterocycles. The average Bonchev–Trinajstić information content (AvgIpc) is 3.03. The topological polar surface area (TPSA) is 55.9 Å². The molecular weight excluding hydrogens is 392 g/mol. The fourth-order valence-electron chi connectivity index (χ4n) is 6.24. The van der Waals surface area contributed by atoms with Gasteiger partial charge < -0.3 is 15.2 Å². The molecule has 0 spiro atoms. The van der Waals surface area contributed by atoms with Crippen molar-refractivity contribution in [1.82, 2.24) is 0 Å². The predicted molar refractivity (Wildman–Crippen MR) is 119 cm³/mol. The molecule has 3 aliphatic rings. The Balaban J connectivity index is 1.92. The van der Waals surface area contributed by atoms with Gasteiger partial charge in [0.15, 0.2) is 0 Å². The SMILES string of the molecule is C[N-][C@@]1(C)CC[C@H]([C@@]2(C)CC[C@@H](C(C)(C)N=C=S)O2)[C@H]2[C@@H](Cl)[C@](C)(O)CC[C@@H]21. The van der Waals surface area contributed by atoms with E-state index >= 15 is 0 Å². The first-order valence-electron chi connectivity index (χ1n) is 10.6. The van der Waals surface area contributed by atoms with Gasteiger partial charge in [-0.15, -0.1) is 17.1 Å². The van der Waals surface area contributed by atoms with E-state index in [0.29, 0.717) is 11.8 Å². The number of hydrogen-bond acceptors (Lipinski definition) is 4. The van der Waals surface area contributed by atoms with Crippen LogP contribution in [-0.2, 0) is 4.74 Å². The first-order valence-corrected chi connectivity index (χ1v) is 11.5. The van der Waals surface area contributed by atoms with E-state index in [1.807, 2.05) is 14.0 Å². The van der Waals surface area contributed by atoms with E-state index in [2.05, 4.69) is 37.8 Å². The lowest BCUT2D eigenvalue weighted by Gasteiger charge is -2.63. The van der Waals surface area contributed by atoms with Crippen LogP contribution in [0.5, 0.6) is 0 Å². The Morgan fingerprint density at radius 1 is 1.14 bits per heavy atom. The van der Waals surface area contributed by atoms with Crippen LogP contribution in [-0.4, -0.2) is 51.1 Å². The normalized spacial score (nSPS) is 49.4. The van der Waals surface area contributed by atoms with Crippen molar-refractivity contribution in [2.75, 3.05) is 7.05 Å². The van der Waals surface area contributed by atoms with Crippen molar-refractivity contribution < 1.29 is 9.84 Å². The number of aliphatic hydroxyl groups is 1. The highest BCUT2D eigenvalue weighted by atomic mass is 35.5. The van der Waals surface area contributed by atoms with Crippen molar-refractivity contribution in [3.63, 3.8) is 0 Å². The van der Waals surface area contributed by atoms with Gasteiger partial charge in [-0.3, -0.25) is 0 Å². The van der Waals surface area contributed by atoms with Gasteiger partial charge in [0.2, 0.25) is 0 Å². The molecule has 1 saturated heterocycles. The Bertz CT molecular complexity index is 650. The lowest BCUT2D eigenvalue weighted by atomic mass is 9.52. The maximum absolute atomic E-state index is 11.0. The van der Waals surface area contributed by atoms with Crippen LogP contribution in [0.3, 0.4) is 0 Å². The summed E-state index contributed by atoms with van der Waals surface area (Å²) in [4.78, 5) is 4.36. The lowest BCUT2D eigenvalue weighted by Crippen LogP contribution is -2.61. The predicted octanol–water partition coefficient (Wildman–Crippen LogP) is 5.36. The third kappa shape index (κ3) is 3.72. The number of thiocarbonyl (C=S) groups is 1. The van der Waals surface area contributed by atoms with Gasteiger partial charge in [0, 0.05) is 0 Å². The van der Waals surface area contributed by atoms with Gasteiger partial charge in [0.25, 0.3) is 0 Å². The Morgan fingerprint density at radius 3 is 2.39 bits per heavy atom. The number of ether oxygens (including phenoxy) is 1. The molecule has 0 aromatic carbocycles. The van der Waals surface area contributed by atoms with Crippen molar-refractivity contribution in [3.05, 3.63) is 5.32 Å². The first kappa shape index (κ1) is 22.7. The van der Waals surface area contributed by atoms with E-state index in [1.165, 1.54) is 0 Å². The van der Waals surface area contributed by atoms with Gasteiger partial charge in [-0.1, -0.05) is 19.3 Å². The fraction of sp³-hybridized carbons (Fsp3) is 0.955. The zero-order chi connectivity index (χ0) is 21.0. The molecule has 160 valence electrons. The molecular formula is C22H36ClN2O2S-. The molecule has 28 heavy (non-hydrogen) atoms. The van der Waals surface area contributed by atoms with Crippen LogP contribution < -0.4 is 0 Å². The van der Waals surface area contributed by atoms with Crippen LogP contribution in [0, 0.1) is 17.8 Å². The number of aliphatic imine (C=N–C) groups is 1. The third-order valence-corrected chi connectivity index (χ3v) is 9.17. The number of nitrogens with zero attached hydrogens (tertiary/aromatic N) is 2. The largest absolute Gasteiger partial charge is 0.659 e. The summed E-state index contributed by atoms with van der Waals surface area (Å²) >= 11 is 11.8. The molecule has 1 aliphatic heterocycles. The molecule has 0 aromatic rings. The molecule has 3 rings (SSSR count). The quantitative estimate of drug-likeness (QED) is 0.373. The number of alkyl halides is 1. The second-order valence-electron chi connectivity index (χ2n) is 10.5. The standard InChI is InChI=1S/C22H36ClN2O2S/c1-19(2,25-13-28)16-9-12-22(5,27-16)15-7-10-20(3,24-6)14-8-11-21(4,26)18(23)17(14)15/h14-18,26H,7-12H2,1-6H3/q-1/t14-,15-,16-,17-,18+,20-,21+,22+/m0/s1. The van der Waals surface area contributed by atoms with Crippen LogP contribution in [0.15, 0.2) is 4.99 Å². The van der Waals surface area contributed by atoms with Gasteiger partial charge in [0.05, 0.1) is 33.4 Å². The molecule has 8 atom stereocenters. The Labute approximate surface area is 180 Å². The highest BCUT2D eigenvalue weighted by molar-refractivity contribution is 7.78. The minimum atomic E-state index is -0.845. The Hall–Kier alpha value is -0.0300. The number of hydrogen-bond donors (Lipinski definition) is 1. The van der Waals surface area contributed by atoms with Crippen molar-refractivity contribution in [3.8, 4) is 0 Å². The van der Waals surface area contributed by atoms with E-state index in [9.17, 15) is 5.11 Å². The van der Waals surface area contributed by atoms with Crippen LogP contribution >= 0.6 is 23.8 Å². The molecule has 4 nitrogen and oxygen atoms in total. The maximum Gasteiger partial charge on any atom is 0.0915 e. The van der Waals surface area contributed by atoms with Gasteiger partial charge in [-0.25, -0.2) is 4.99 Å². The highest BCUT2D eigenvalue weighted by Gasteiger charge is 2.58. The van der Waals surface area contributed by atoms with Gasteiger partial charge in [-0.2, -0.15) is 7.05 Å². The van der Waals surface area contributed by atoms with Gasteiger partial charge in [-0.05, 0) is 83.9 Å². The first-order chi connectivity index (χ1) is 12.9. The fourth-order valence-corrected chi connectivity index (χ4v) is 6.94. The van der Waals surface area contributed by atoms with Gasteiger partial charge >= 0.3 is 0 Å². The highest BCUT2D eigenvalue weighted by Crippen LogP contribution is 2.59. The summed E-state index contributed by atoms with van der Waals surface area (Å²) in [5, 5.41) is 18.0. The zero-order valence-electron chi connectivity index (χ0n) is 18.2. The molecule has 0 bridgehead atoms. The molecule has 0 amide bonds. The smallest absolute Gasteiger partial charge is 0.0915 e. The summed E-state index contributed by atoms with van der Waals surface area (Å²) in [6, 6.07) is 0. The van der Waals surface area contributed by atoms with Crippen LogP contribution in [0.1, 0.15) is 73.1 Å². The number of rotatable bonds is 4. The van der Waals surface area contributed by atoms with Crippen molar-refractivity contribution in [2.45, 2.75) is 107 Å². The van der Waals surface area contributed by atoms with E-state index in [-0.39, 0.29) is 34.1 Å². The summed E-state index contributed by atoms with van der Waals surface area (Å²) in [5.74, 6) is 0.873.